The van der Waals surface area contributed by atoms with Gasteiger partial charge < -0.3 is 15.1 Å². The first-order valence-corrected chi connectivity index (χ1v) is 7.08. The molecule has 1 saturated heterocycles. The quantitative estimate of drug-likeness (QED) is 0.873. The SMILES string of the molecule is Cc1ccc(C)c(C(=O)N2CCCC(C)(O)C2)c1C(=O)O. The number of piperidine rings is 1. The van der Waals surface area contributed by atoms with Crippen LogP contribution in [0.3, 0.4) is 0 Å². The van der Waals surface area contributed by atoms with E-state index in [0.29, 0.717) is 30.5 Å². The van der Waals surface area contributed by atoms with Crippen molar-refractivity contribution in [3.8, 4) is 0 Å². The minimum Gasteiger partial charge on any atom is -0.478 e. The van der Waals surface area contributed by atoms with Crippen LogP contribution in [0.15, 0.2) is 12.1 Å². The van der Waals surface area contributed by atoms with Gasteiger partial charge in [0.15, 0.2) is 0 Å². The van der Waals surface area contributed by atoms with Gasteiger partial charge in [-0.05, 0) is 44.7 Å². The number of β-amino-alcohol motifs (C(OH)–C–C–N with tert-alkyl or cyclic N) is 1. The highest BCUT2D eigenvalue weighted by Gasteiger charge is 2.33. The van der Waals surface area contributed by atoms with Crippen molar-refractivity contribution in [3.63, 3.8) is 0 Å². The van der Waals surface area contributed by atoms with Gasteiger partial charge in [-0.3, -0.25) is 4.79 Å². The van der Waals surface area contributed by atoms with E-state index in [1.54, 1.807) is 37.8 Å². The topological polar surface area (TPSA) is 77.8 Å². The number of carbonyl (C=O) groups is 2. The first kappa shape index (κ1) is 15.5. The molecule has 0 saturated carbocycles. The Hall–Kier alpha value is -1.88. The van der Waals surface area contributed by atoms with Gasteiger partial charge in [-0.2, -0.15) is 0 Å². The van der Waals surface area contributed by atoms with E-state index in [4.69, 9.17) is 0 Å². The van der Waals surface area contributed by atoms with E-state index in [9.17, 15) is 19.8 Å². The summed E-state index contributed by atoms with van der Waals surface area (Å²) in [6, 6.07) is 3.47. The van der Waals surface area contributed by atoms with E-state index < -0.39 is 11.6 Å². The van der Waals surface area contributed by atoms with Gasteiger partial charge in [-0.1, -0.05) is 12.1 Å². The summed E-state index contributed by atoms with van der Waals surface area (Å²) in [5.41, 5.74) is 0.605. The van der Waals surface area contributed by atoms with Crippen molar-refractivity contribution >= 4 is 11.9 Å². The van der Waals surface area contributed by atoms with Gasteiger partial charge in [0.2, 0.25) is 0 Å². The molecule has 5 heteroatoms. The highest BCUT2D eigenvalue weighted by atomic mass is 16.4. The molecule has 1 unspecified atom stereocenters. The van der Waals surface area contributed by atoms with Crippen molar-refractivity contribution < 1.29 is 19.8 Å². The number of benzene rings is 1. The number of likely N-dealkylation sites (tertiary alicyclic amines) is 1. The average molecular weight is 291 g/mol. The van der Waals surface area contributed by atoms with E-state index >= 15 is 0 Å². The maximum Gasteiger partial charge on any atom is 0.336 e. The van der Waals surface area contributed by atoms with Gasteiger partial charge in [0.05, 0.1) is 16.7 Å². The Morgan fingerprint density at radius 3 is 2.29 bits per heavy atom. The average Bonchev–Trinajstić information content (AvgIpc) is 2.38. The number of hydrogen-bond donors (Lipinski definition) is 2. The number of carboxylic acids is 1. The van der Waals surface area contributed by atoms with Gasteiger partial charge in [-0.15, -0.1) is 0 Å². The molecular weight excluding hydrogens is 270 g/mol. The number of hydrogen-bond acceptors (Lipinski definition) is 3. The Morgan fingerprint density at radius 2 is 1.76 bits per heavy atom. The number of aliphatic hydroxyl groups is 1. The molecule has 2 N–H and O–H groups in total. The predicted octanol–water partition coefficient (Wildman–Crippen LogP) is 1.99. The zero-order valence-corrected chi connectivity index (χ0v) is 12.6. The van der Waals surface area contributed by atoms with Crippen molar-refractivity contribution in [2.75, 3.05) is 13.1 Å². The lowest BCUT2D eigenvalue weighted by Gasteiger charge is -2.37. The third-order valence-corrected chi connectivity index (χ3v) is 4.01. The lowest BCUT2D eigenvalue weighted by molar-refractivity contribution is -0.0108. The lowest BCUT2D eigenvalue weighted by Crippen LogP contribution is -2.49. The summed E-state index contributed by atoms with van der Waals surface area (Å²) in [4.78, 5) is 25.8. The maximum absolute atomic E-state index is 12.7. The van der Waals surface area contributed by atoms with Gasteiger partial charge in [0.1, 0.15) is 0 Å². The number of aryl methyl sites for hydroxylation is 2. The summed E-state index contributed by atoms with van der Waals surface area (Å²) in [6.07, 6.45) is 1.36. The molecule has 114 valence electrons. The van der Waals surface area contributed by atoms with Crippen molar-refractivity contribution in [1.82, 2.24) is 4.90 Å². The van der Waals surface area contributed by atoms with Crippen LogP contribution in [0.1, 0.15) is 51.6 Å². The molecule has 1 aliphatic rings. The fourth-order valence-corrected chi connectivity index (χ4v) is 2.91. The Morgan fingerprint density at radius 1 is 1.19 bits per heavy atom. The second-order valence-electron chi connectivity index (χ2n) is 6.08. The second kappa shape index (κ2) is 5.48. The van der Waals surface area contributed by atoms with Crippen molar-refractivity contribution in [1.29, 1.82) is 0 Å². The van der Waals surface area contributed by atoms with Crippen molar-refractivity contribution in [3.05, 3.63) is 34.4 Å². The van der Waals surface area contributed by atoms with E-state index in [-0.39, 0.29) is 23.6 Å². The molecule has 0 bridgehead atoms. The minimum atomic E-state index is -1.09. The van der Waals surface area contributed by atoms with Crippen LogP contribution in [0.25, 0.3) is 0 Å². The monoisotopic (exact) mass is 291 g/mol. The van der Waals surface area contributed by atoms with Gasteiger partial charge in [0, 0.05) is 13.1 Å². The summed E-state index contributed by atoms with van der Waals surface area (Å²) < 4.78 is 0. The fraction of sp³-hybridized carbons (Fsp3) is 0.500. The molecule has 1 aromatic rings. The molecule has 2 rings (SSSR count). The Labute approximate surface area is 124 Å². The number of amides is 1. The summed E-state index contributed by atoms with van der Waals surface area (Å²) >= 11 is 0. The third kappa shape index (κ3) is 3.08. The van der Waals surface area contributed by atoms with Crippen LogP contribution in [0, 0.1) is 13.8 Å². The Balaban J connectivity index is 2.44. The molecule has 0 aliphatic carbocycles. The normalized spacial score (nSPS) is 22.2. The number of carboxylic acid groups (broad SMARTS) is 1. The van der Waals surface area contributed by atoms with Crippen LogP contribution in [0.4, 0.5) is 0 Å². The fourth-order valence-electron chi connectivity index (χ4n) is 2.91. The smallest absolute Gasteiger partial charge is 0.336 e. The first-order chi connectivity index (χ1) is 9.73. The van der Waals surface area contributed by atoms with E-state index in [1.807, 2.05) is 0 Å². The molecule has 5 nitrogen and oxygen atoms in total. The molecular formula is C16H21NO4. The number of carbonyl (C=O) groups excluding carboxylic acids is 1. The van der Waals surface area contributed by atoms with E-state index in [1.165, 1.54) is 0 Å². The molecule has 1 heterocycles. The number of rotatable bonds is 2. The lowest BCUT2D eigenvalue weighted by atomic mass is 9.92. The molecule has 1 atom stereocenters. The zero-order chi connectivity index (χ0) is 15.8. The molecule has 0 radical (unpaired) electrons. The second-order valence-corrected chi connectivity index (χ2v) is 6.08. The minimum absolute atomic E-state index is 0.0604. The first-order valence-electron chi connectivity index (χ1n) is 7.08. The Kier molecular flexibility index (Phi) is 4.05. The molecule has 0 spiro atoms. The molecule has 1 aliphatic heterocycles. The third-order valence-electron chi connectivity index (χ3n) is 4.01. The summed E-state index contributed by atoms with van der Waals surface area (Å²) in [5.74, 6) is -1.41. The molecule has 1 aromatic carbocycles. The van der Waals surface area contributed by atoms with Crippen LogP contribution in [0.5, 0.6) is 0 Å². The van der Waals surface area contributed by atoms with Crippen LogP contribution in [-0.4, -0.2) is 45.7 Å². The summed E-state index contributed by atoms with van der Waals surface area (Å²) in [5, 5.41) is 19.5. The largest absolute Gasteiger partial charge is 0.478 e. The van der Waals surface area contributed by atoms with Crippen molar-refractivity contribution in [2.24, 2.45) is 0 Å². The van der Waals surface area contributed by atoms with Crippen LogP contribution >= 0.6 is 0 Å². The van der Waals surface area contributed by atoms with E-state index in [0.717, 1.165) is 0 Å². The maximum atomic E-state index is 12.7. The van der Waals surface area contributed by atoms with Crippen molar-refractivity contribution in [2.45, 2.75) is 39.2 Å². The van der Waals surface area contributed by atoms with Crippen LogP contribution < -0.4 is 0 Å². The van der Waals surface area contributed by atoms with E-state index in [2.05, 4.69) is 0 Å². The molecule has 1 fully saturated rings. The van der Waals surface area contributed by atoms with Gasteiger partial charge >= 0.3 is 5.97 Å². The van der Waals surface area contributed by atoms with Gasteiger partial charge in [-0.25, -0.2) is 4.79 Å². The summed E-state index contributed by atoms with van der Waals surface area (Å²) in [6.45, 7) is 5.90. The number of aromatic carboxylic acids is 1. The predicted molar refractivity (Wildman–Crippen MR) is 78.6 cm³/mol. The number of nitrogens with zero attached hydrogens (tertiary/aromatic N) is 1. The summed E-state index contributed by atoms with van der Waals surface area (Å²) in [7, 11) is 0. The molecule has 0 aromatic heterocycles. The molecule has 1 amide bonds. The Bertz CT molecular complexity index is 592. The van der Waals surface area contributed by atoms with Crippen LogP contribution in [0.2, 0.25) is 0 Å². The zero-order valence-electron chi connectivity index (χ0n) is 12.6. The van der Waals surface area contributed by atoms with Gasteiger partial charge in [0.25, 0.3) is 5.91 Å². The highest BCUT2D eigenvalue weighted by Crippen LogP contribution is 2.25. The standard InChI is InChI=1S/C16H21NO4/c1-10-5-6-11(2)13(15(19)20)12(10)14(18)17-8-4-7-16(3,21)9-17/h5-6,21H,4,7-9H2,1-3H3,(H,19,20). The van der Waals surface area contributed by atoms with Crippen LogP contribution in [-0.2, 0) is 0 Å². The molecule has 21 heavy (non-hydrogen) atoms. The highest BCUT2D eigenvalue weighted by molar-refractivity contribution is 6.06.